The normalized spacial score (nSPS) is 10.9. The minimum absolute atomic E-state index is 0.182. The predicted octanol–water partition coefficient (Wildman–Crippen LogP) is 3.66. The first-order chi connectivity index (χ1) is 15.2. The molecule has 32 heavy (non-hydrogen) atoms. The molecule has 10 nitrogen and oxygen atoms in total. The second kappa shape index (κ2) is 8.48. The van der Waals surface area contributed by atoms with Gasteiger partial charge in [-0.05, 0) is 31.2 Å². The molecule has 0 saturated heterocycles. The van der Waals surface area contributed by atoms with Crippen LogP contribution in [-0.2, 0) is 14.1 Å². The number of aromatic nitrogens is 6. The molecule has 0 aliphatic rings. The van der Waals surface area contributed by atoms with E-state index in [0.29, 0.717) is 27.0 Å². The highest BCUT2D eigenvalue weighted by molar-refractivity contribution is 6.36. The molecule has 12 heteroatoms. The monoisotopic (exact) mass is 472 g/mol. The third-order valence-electron chi connectivity index (χ3n) is 4.92. The molecule has 0 radical (unpaired) electrons. The smallest absolute Gasteiger partial charge is 0.276 e. The van der Waals surface area contributed by atoms with Crippen LogP contribution in [0.4, 0.5) is 11.4 Å². The standard InChI is InChI=1S/C20H18Cl2N8O2/c1-10-16(8-23-29(10)2)25-20(32)18-17(9-24-30(18)3)26-19(31)15-7-14(27-28-15)12-5-4-11(21)6-13(12)22/h4-9H,1-3H3,(H,25,32)(H,26,31)(H,27,28). The summed E-state index contributed by atoms with van der Waals surface area (Å²) in [6.07, 6.45) is 2.95. The highest BCUT2D eigenvalue weighted by Crippen LogP contribution is 2.29. The molecule has 3 aromatic heterocycles. The highest BCUT2D eigenvalue weighted by atomic mass is 35.5. The van der Waals surface area contributed by atoms with Crippen molar-refractivity contribution in [2.45, 2.75) is 6.92 Å². The van der Waals surface area contributed by atoms with E-state index in [-0.39, 0.29) is 17.1 Å². The summed E-state index contributed by atoms with van der Waals surface area (Å²) in [5, 5.41) is 21.4. The first-order valence-corrected chi connectivity index (χ1v) is 10.1. The molecule has 0 aliphatic heterocycles. The van der Waals surface area contributed by atoms with E-state index < -0.39 is 11.8 Å². The quantitative estimate of drug-likeness (QED) is 0.408. The number of carbonyl (C=O) groups is 2. The summed E-state index contributed by atoms with van der Waals surface area (Å²) < 4.78 is 3.02. The first kappa shape index (κ1) is 21.6. The number of amides is 2. The fourth-order valence-electron chi connectivity index (χ4n) is 3.06. The maximum atomic E-state index is 12.8. The molecule has 0 fully saturated rings. The van der Waals surface area contributed by atoms with Crippen molar-refractivity contribution in [3.05, 3.63) is 63.8 Å². The van der Waals surface area contributed by atoms with Crippen LogP contribution < -0.4 is 10.6 Å². The molecule has 3 heterocycles. The van der Waals surface area contributed by atoms with Crippen molar-refractivity contribution in [3.8, 4) is 11.3 Å². The van der Waals surface area contributed by atoms with Gasteiger partial charge in [-0.2, -0.15) is 15.3 Å². The summed E-state index contributed by atoms with van der Waals surface area (Å²) in [6, 6.07) is 6.55. The van der Waals surface area contributed by atoms with Gasteiger partial charge in [-0.3, -0.25) is 24.1 Å². The van der Waals surface area contributed by atoms with Gasteiger partial charge in [0, 0.05) is 24.7 Å². The number of nitrogens with one attached hydrogen (secondary N) is 3. The first-order valence-electron chi connectivity index (χ1n) is 9.38. The van der Waals surface area contributed by atoms with Crippen molar-refractivity contribution in [2.24, 2.45) is 14.1 Å². The lowest BCUT2D eigenvalue weighted by Gasteiger charge is -2.08. The number of aryl methyl sites for hydroxylation is 2. The zero-order chi connectivity index (χ0) is 23.0. The molecule has 0 spiro atoms. The topological polar surface area (TPSA) is 123 Å². The van der Waals surface area contributed by atoms with Gasteiger partial charge in [-0.25, -0.2) is 0 Å². The van der Waals surface area contributed by atoms with Crippen LogP contribution in [0.3, 0.4) is 0 Å². The number of H-pyrrole nitrogens is 1. The Kier molecular flexibility index (Phi) is 5.72. The van der Waals surface area contributed by atoms with Crippen molar-refractivity contribution in [2.75, 3.05) is 10.6 Å². The summed E-state index contributed by atoms with van der Waals surface area (Å²) in [7, 11) is 3.38. The molecule has 2 amide bonds. The van der Waals surface area contributed by atoms with Crippen LogP contribution in [0.1, 0.15) is 26.7 Å². The minimum Gasteiger partial charge on any atom is -0.318 e. The van der Waals surface area contributed by atoms with E-state index in [1.54, 1.807) is 49.2 Å². The van der Waals surface area contributed by atoms with E-state index in [2.05, 4.69) is 31.0 Å². The van der Waals surface area contributed by atoms with E-state index in [4.69, 9.17) is 23.2 Å². The number of halogens is 2. The SMILES string of the molecule is Cc1c(NC(=O)c2c(NC(=O)c3cc(-c4ccc(Cl)cc4Cl)n[nH]3)cnn2C)cnn1C. The Morgan fingerprint density at radius 1 is 0.969 bits per heavy atom. The average Bonchev–Trinajstić information content (AvgIpc) is 3.44. The number of hydrogen-bond donors (Lipinski definition) is 3. The molecular weight excluding hydrogens is 455 g/mol. The Balaban J connectivity index is 1.54. The Hall–Kier alpha value is -3.63. The third kappa shape index (κ3) is 4.10. The number of benzene rings is 1. The lowest BCUT2D eigenvalue weighted by atomic mass is 10.1. The lowest BCUT2D eigenvalue weighted by Crippen LogP contribution is -2.20. The second-order valence-corrected chi connectivity index (χ2v) is 7.84. The number of carbonyl (C=O) groups excluding carboxylic acids is 2. The third-order valence-corrected chi connectivity index (χ3v) is 5.46. The summed E-state index contributed by atoms with van der Waals surface area (Å²) >= 11 is 12.2. The molecular formula is C20H18Cl2N8O2. The molecule has 0 saturated carbocycles. The maximum Gasteiger partial charge on any atom is 0.276 e. The van der Waals surface area contributed by atoms with E-state index in [9.17, 15) is 9.59 Å². The van der Waals surface area contributed by atoms with E-state index in [1.807, 2.05) is 6.92 Å². The predicted molar refractivity (Wildman–Crippen MR) is 121 cm³/mol. The fraction of sp³-hybridized carbons (Fsp3) is 0.150. The van der Waals surface area contributed by atoms with Crippen LogP contribution in [0.2, 0.25) is 10.0 Å². The largest absolute Gasteiger partial charge is 0.318 e. The van der Waals surface area contributed by atoms with Crippen molar-refractivity contribution >= 4 is 46.4 Å². The van der Waals surface area contributed by atoms with Crippen LogP contribution in [0.25, 0.3) is 11.3 Å². The number of aromatic amines is 1. The van der Waals surface area contributed by atoms with Crippen molar-refractivity contribution in [1.29, 1.82) is 0 Å². The second-order valence-electron chi connectivity index (χ2n) is 7.00. The van der Waals surface area contributed by atoms with Crippen LogP contribution in [0.15, 0.2) is 36.7 Å². The van der Waals surface area contributed by atoms with Crippen LogP contribution in [-0.4, -0.2) is 41.6 Å². The van der Waals surface area contributed by atoms with Crippen LogP contribution >= 0.6 is 23.2 Å². The highest BCUT2D eigenvalue weighted by Gasteiger charge is 2.22. The minimum atomic E-state index is -0.492. The van der Waals surface area contributed by atoms with Crippen LogP contribution in [0.5, 0.6) is 0 Å². The Bertz CT molecular complexity index is 1340. The van der Waals surface area contributed by atoms with E-state index in [1.165, 1.54) is 10.9 Å². The summed E-state index contributed by atoms with van der Waals surface area (Å²) in [4.78, 5) is 25.6. The number of hydrogen-bond acceptors (Lipinski definition) is 5. The number of nitrogens with zero attached hydrogens (tertiary/aromatic N) is 5. The molecule has 0 bridgehead atoms. The van der Waals surface area contributed by atoms with Gasteiger partial charge in [-0.1, -0.05) is 23.2 Å². The summed E-state index contributed by atoms with van der Waals surface area (Å²) in [5.74, 6) is -0.928. The van der Waals surface area contributed by atoms with Crippen molar-refractivity contribution < 1.29 is 9.59 Å². The molecule has 4 rings (SSSR count). The van der Waals surface area contributed by atoms with E-state index >= 15 is 0 Å². The maximum absolute atomic E-state index is 12.8. The van der Waals surface area contributed by atoms with Gasteiger partial charge < -0.3 is 10.6 Å². The lowest BCUT2D eigenvalue weighted by molar-refractivity contribution is 0.101. The Labute approximate surface area is 192 Å². The van der Waals surface area contributed by atoms with Gasteiger partial charge in [0.05, 0.1) is 40.2 Å². The van der Waals surface area contributed by atoms with Crippen molar-refractivity contribution in [3.63, 3.8) is 0 Å². The number of anilines is 2. The summed E-state index contributed by atoms with van der Waals surface area (Å²) in [6.45, 7) is 1.83. The van der Waals surface area contributed by atoms with Gasteiger partial charge in [0.25, 0.3) is 11.8 Å². The zero-order valence-corrected chi connectivity index (χ0v) is 18.8. The Morgan fingerprint density at radius 2 is 1.66 bits per heavy atom. The molecule has 0 unspecified atom stereocenters. The van der Waals surface area contributed by atoms with Gasteiger partial charge in [0.15, 0.2) is 0 Å². The average molecular weight is 473 g/mol. The van der Waals surface area contributed by atoms with Crippen LogP contribution in [0, 0.1) is 6.92 Å². The van der Waals surface area contributed by atoms with Gasteiger partial charge in [0.2, 0.25) is 0 Å². The molecule has 4 aromatic rings. The van der Waals surface area contributed by atoms with E-state index in [0.717, 1.165) is 5.69 Å². The molecule has 164 valence electrons. The van der Waals surface area contributed by atoms with Gasteiger partial charge in [0.1, 0.15) is 11.4 Å². The molecule has 0 atom stereocenters. The Morgan fingerprint density at radius 3 is 2.34 bits per heavy atom. The molecule has 1 aromatic carbocycles. The zero-order valence-electron chi connectivity index (χ0n) is 17.3. The molecule has 0 aliphatic carbocycles. The molecule has 3 N–H and O–H groups in total. The van der Waals surface area contributed by atoms with Gasteiger partial charge >= 0.3 is 0 Å². The number of rotatable bonds is 5. The van der Waals surface area contributed by atoms with Crippen molar-refractivity contribution in [1.82, 2.24) is 29.8 Å². The summed E-state index contributed by atoms with van der Waals surface area (Å²) in [5.41, 5.74) is 3.07. The fourth-order valence-corrected chi connectivity index (χ4v) is 3.57. The van der Waals surface area contributed by atoms with Gasteiger partial charge in [-0.15, -0.1) is 0 Å².